The zero-order chi connectivity index (χ0) is 13.4. The molecule has 0 aromatic carbocycles. The topological polar surface area (TPSA) is 66.0 Å². The predicted molar refractivity (Wildman–Crippen MR) is 74.9 cm³/mol. The van der Waals surface area contributed by atoms with Gasteiger partial charge in [0.15, 0.2) is 0 Å². The molecule has 100 valence electrons. The molecule has 1 aromatic rings. The molecule has 0 aliphatic carbocycles. The summed E-state index contributed by atoms with van der Waals surface area (Å²) in [7, 11) is 0. The summed E-state index contributed by atoms with van der Waals surface area (Å²) in [6.45, 7) is 6.90. The molecule has 0 atom stereocenters. The smallest absolute Gasteiger partial charge is 0.319 e. The van der Waals surface area contributed by atoms with Gasteiger partial charge in [-0.15, -0.1) is 0 Å². The van der Waals surface area contributed by atoms with Gasteiger partial charge in [0.2, 0.25) is 0 Å². The summed E-state index contributed by atoms with van der Waals surface area (Å²) in [6, 6.07) is 3.60. The zero-order valence-corrected chi connectivity index (χ0v) is 11.3. The van der Waals surface area contributed by atoms with Gasteiger partial charge in [0.05, 0.1) is 11.9 Å². The van der Waals surface area contributed by atoms with E-state index in [1.807, 2.05) is 26.0 Å². The van der Waals surface area contributed by atoms with E-state index >= 15 is 0 Å². The number of carbonyl (C=O) groups is 1. The van der Waals surface area contributed by atoms with Gasteiger partial charge in [-0.25, -0.2) is 9.78 Å². The second-order valence-electron chi connectivity index (χ2n) is 4.47. The second-order valence-corrected chi connectivity index (χ2v) is 4.47. The minimum absolute atomic E-state index is 0.118. The number of urea groups is 1. The molecule has 0 radical (unpaired) electrons. The molecule has 2 amide bonds. The van der Waals surface area contributed by atoms with Gasteiger partial charge in [0.25, 0.3) is 0 Å². The quantitative estimate of drug-likeness (QED) is 0.680. The number of rotatable bonds is 6. The Morgan fingerprint density at radius 1 is 1.39 bits per heavy atom. The Morgan fingerprint density at radius 3 is 2.72 bits per heavy atom. The average Bonchev–Trinajstić information content (AvgIpc) is 2.30. The highest BCUT2D eigenvalue weighted by molar-refractivity contribution is 5.89. The van der Waals surface area contributed by atoms with Crippen LogP contribution in [0.1, 0.15) is 33.6 Å². The maximum Gasteiger partial charge on any atom is 0.319 e. The number of unbranched alkanes of at least 4 members (excludes halogenated alkanes) is 1. The van der Waals surface area contributed by atoms with Crippen LogP contribution in [-0.4, -0.2) is 23.6 Å². The van der Waals surface area contributed by atoms with E-state index in [1.165, 1.54) is 0 Å². The predicted octanol–water partition coefficient (Wildman–Crippen LogP) is 2.82. The van der Waals surface area contributed by atoms with Crippen molar-refractivity contribution in [2.75, 3.05) is 17.2 Å². The molecule has 0 bridgehead atoms. The van der Waals surface area contributed by atoms with Crippen molar-refractivity contribution in [1.82, 2.24) is 10.3 Å². The van der Waals surface area contributed by atoms with Crippen molar-refractivity contribution in [1.29, 1.82) is 0 Å². The number of aromatic nitrogens is 1. The van der Waals surface area contributed by atoms with Crippen LogP contribution in [0, 0.1) is 0 Å². The van der Waals surface area contributed by atoms with Crippen LogP contribution >= 0.6 is 0 Å². The van der Waals surface area contributed by atoms with E-state index in [4.69, 9.17) is 0 Å². The zero-order valence-electron chi connectivity index (χ0n) is 11.3. The third kappa shape index (κ3) is 5.52. The average molecular weight is 250 g/mol. The van der Waals surface area contributed by atoms with Gasteiger partial charge in [0, 0.05) is 12.6 Å². The number of amides is 2. The van der Waals surface area contributed by atoms with Gasteiger partial charge in [-0.05, 0) is 32.4 Å². The van der Waals surface area contributed by atoms with Crippen molar-refractivity contribution in [3.05, 3.63) is 18.3 Å². The number of carbonyl (C=O) groups excluding carboxylic acids is 1. The Bertz CT molecular complexity index is 362. The molecule has 0 unspecified atom stereocenters. The van der Waals surface area contributed by atoms with E-state index in [9.17, 15) is 4.79 Å². The third-order valence-corrected chi connectivity index (χ3v) is 2.28. The van der Waals surface area contributed by atoms with Crippen LogP contribution in [0.25, 0.3) is 0 Å². The molecule has 5 nitrogen and oxygen atoms in total. The van der Waals surface area contributed by atoms with E-state index in [-0.39, 0.29) is 12.1 Å². The molecule has 3 N–H and O–H groups in total. The Balaban J connectivity index is 2.42. The van der Waals surface area contributed by atoms with Crippen LogP contribution < -0.4 is 16.0 Å². The van der Waals surface area contributed by atoms with E-state index in [0.29, 0.717) is 5.69 Å². The van der Waals surface area contributed by atoms with E-state index in [2.05, 4.69) is 27.9 Å². The van der Waals surface area contributed by atoms with Crippen LogP contribution in [0.15, 0.2) is 18.3 Å². The summed E-state index contributed by atoms with van der Waals surface area (Å²) in [6.07, 6.45) is 3.93. The first-order valence-electron chi connectivity index (χ1n) is 6.39. The molecule has 0 fully saturated rings. The fourth-order valence-electron chi connectivity index (χ4n) is 1.39. The fourth-order valence-corrected chi connectivity index (χ4v) is 1.39. The van der Waals surface area contributed by atoms with E-state index in [0.717, 1.165) is 25.2 Å². The summed E-state index contributed by atoms with van der Waals surface area (Å²) < 4.78 is 0. The van der Waals surface area contributed by atoms with Gasteiger partial charge < -0.3 is 16.0 Å². The molecule has 0 saturated carbocycles. The van der Waals surface area contributed by atoms with Gasteiger partial charge >= 0.3 is 6.03 Å². The summed E-state index contributed by atoms with van der Waals surface area (Å²) in [4.78, 5) is 15.7. The maximum atomic E-state index is 11.5. The van der Waals surface area contributed by atoms with Crippen molar-refractivity contribution in [3.63, 3.8) is 0 Å². The Kier molecular flexibility index (Phi) is 5.97. The molecule has 0 aliphatic heterocycles. The highest BCUT2D eigenvalue weighted by atomic mass is 16.2. The SMILES string of the molecule is CCCCNc1ccc(NC(=O)NC(C)C)cn1. The molecule has 1 rings (SSSR count). The lowest BCUT2D eigenvalue weighted by Crippen LogP contribution is -2.34. The summed E-state index contributed by atoms with van der Waals surface area (Å²) in [5.74, 6) is 0.832. The van der Waals surface area contributed by atoms with Crippen molar-refractivity contribution in [2.45, 2.75) is 39.7 Å². The van der Waals surface area contributed by atoms with Crippen LogP contribution in [0.4, 0.5) is 16.3 Å². The largest absolute Gasteiger partial charge is 0.370 e. The summed E-state index contributed by atoms with van der Waals surface area (Å²) in [5.41, 5.74) is 0.689. The Labute approximate surface area is 108 Å². The maximum absolute atomic E-state index is 11.5. The van der Waals surface area contributed by atoms with Crippen LogP contribution in [0.2, 0.25) is 0 Å². The molecular formula is C13H22N4O. The molecule has 1 heterocycles. The normalized spacial score (nSPS) is 10.2. The van der Waals surface area contributed by atoms with Gasteiger partial charge in [0.1, 0.15) is 5.82 Å². The Hall–Kier alpha value is -1.78. The highest BCUT2D eigenvalue weighted by Gasteiger charge is 2.03. The fraction of sp³-hybridized carbons (Fsp3) is 0.538. The highest BCUT2D eigenvalue weighted by Crippen LogP contribution is 2.09. The molecular weight excluding hydrogens is 228 g/mol. The number of pyridine rings is 1. The third-order valence-electron chi connectivity index (χ3n) is 2.28. The van der Waals surface area contributed by atoms with Crippen molar-refractivity contribution in [3.8, 4) is 0 Å². The summed E-state index contributed by atoms with van der Waals surface area (Å²) in [5, 5.41) is 8.70. The van der Waals surface area contributed by atoms with Crippen molar-refractivity contribution >= 4 is 17.5 Å². The van der Waals surface area contributed by atoms with E-state index in [1.54, 1.807) is 6.20 Å². The lowest BCUT2D eigenvalue weighted by molar-refractivity contribution is 0.250. The molecule has 5 heteroatoms. The molecule has 0 aliphatic rings. The minimum Gasteiger partial charge on any atom is -0.370 e. The lowest BCUT2D eigenvalue weighted by Gasteiger charge is -2.10. The Morgan fingerprint density at radius 2 is 2.17 bits per heavy atom. The first kappa shape index (κ1) is 14.3. The molecule has 0 saturated heterocycles. The summed E-state index contributed by atoms with van der Waals surface area (Å²) >= 11 is 0. The standard InChI is InChI=1S/C13H22N4O/c1-4-5-8-14-12-7-6-11(9-15-12)17-13(18)16-10(2)3/h6-7,9-10H,4-5,8H2,1-3H3,(H,14,15)(H2,16,17,18). The first-order chi connectivity index (χ1) is 8.61. The first-order valence-corrected chi connectivity index (χ1v) is 6.39. The lowest BCUT2D eigenvalue weighted by atomic mass is 10.3. The molecule has 0 spiro atoms. The van der Waals surface area contributed by atoms with Gasteiger partial charge in [-0.2, -0.15) is 0 Å². The van der Waals surface area contributed by atoms with Gasteiger partial charge in [-0.3, -0.25) is 0 Å². The van der Waals surface area contributed by atoms with Crippen LogP contribution in [0.5, 0.6) is 0 Å². The molecule has 1 aromatic heterocycles. The second kappa shape index (κ2) is 7.53. The van der Waals surface area contributed by atoms with Crippen LogP contribution in [-0.2, 0) is 0 Å². The van der Waals surface area contributed by atoms with Crippen molar-refractivity contribution < 1.29 is 4.79 Å². The van der Waals surface area contributed by atoms with Gasteiger partial charge in [-0.1, -0.05) is 13.3 Å². The monoisotopic (exact) mass is 250 g/mol. The molecule has 18 heavy (non-hydrogen) atoms. The minimum atomic E-state index is -0.210. The number of nitrogens with one attached hydrogen (secondary N) is 3. The van der Waals surface area contributed by atoms with Crippen LogP contribution in [0.3, 0.4) is 0 Å². The number of nitrogens with zero attached hydrogens (tertiary/aromatic N) is 1. The number of anilines is 2. The number of hydrogen-bond acceptors (Lipinski definition) is 3. The number of hydrogen-bond donors (Lipinski definition) is 3. The van der Waals surface area contributed by atoms with E-state index < -0.39 is 0 Å². The van der Waals surface area contributed by atoms with Crippen molar-refractivity contribution in [2.24, 2.45) is 0 Å².